The van der Waals surface area contributed by atoms with Gasteiger partial charge in [0, 0.05) is 27.2 Å². The molecule has 4 aromatic rings. The Hall–Kier alpha value is -3.48. The van der Waals surface area contributed by atoms with E-state index in [1.54, 1.807) is 30.3 Å². The molecule has 0 aliphatic carbocycles. The average Bonchev–Trinajstić information content (AvgIpc) is 2.74. The van der Waals surface area contributed by atoms with Crippen LogP contribution >= 0.6 is 11.6 Å². The van der Waals surface area contributed by atoms with Crippen molar-refractivity contribution in [1.29, 1.82) is 0 Å². The summed E-state index contributed by atoms with van der Waals surface area (Å²) in [6.45, 7) is 0. The van der Waals surface area contributed by atoms with Gasteiger partial charge in [-0.05, 0) is 42.5 Å². The van der Waals surface area contributed by atoms with E-state index < -0.39 is 0 Å². The van der Waals surface area contributed by atoms with E-state index in [9.17, 15) is 4.79 Å². The number of nitrogens with zero attached hydrogens (tertiary/aromatic N) is 2. The van der Waals surface area contributed by atoms with Gasteiger partial charge in [-0.3, -0.25) is 10.2 Å². The molecule has 6 nitrogen and oxygen atoms in total. The van der Waals surface area contributed by atoms with Crippen LogP contribution in [0.2, 0.25) is 5.02 Å². The molecule has 0 fully saturated rings. The molecule has 4 rings (SSSR count). The largest absolute Gasteiger partial charge is 0.324 e. The number of hydrogen-bond acceptors (Lipinski definition) is 5. The minimum atomic E-state index is -0.350. The Kier molecular flexibility index (Phi) is 4.89. The Morgan fingerprint density at radius 1 is 0.929 bits per heavy atom. The Morgan fingerprint density at radius 2 is 1.68 bits per heavy atom. The predicted molar refractivity (Wildman–Crippen MR) is 111 cm³/mol. The summed E-state index contributed by atoms with van der Waals surface area (Å²) in [5.41, 5.74) is 5.85. The Morgan fingerprint density at radius 3 is 2.39 bits per heavy atom. The Labute approximate surface area is 166 Å². The van der Waals surface area contributed by atoms with Crippen LogP contribution in [0.3, 0.4) is 0 Å². The van der Waals surface area contributed by atoms with Gasteiger partial charge in [0.25, 0.3) is 5.91 Å². The average molecular weight is 390 g/mol. The van der Waals surface area contributed by atoms with Crippen molar-refractivity contribution in [1.82, 2.24) is 15.4 Å². The highest BCUT2D eigenvalue weighted by atomic mass is 35.5. The van der Waals surface area contributed by atoms with Crippen LogP contribution in [0, 0.1) is 0 Å². The summed E-state index contributed by atoms with van der Waals surface area (Å²) in [7, 11) is 0. The van der Waals surface area contributed by atoms with Crippen LogP contribution in [-0.4, -0.2) is 15.9 Å². The molecule has 7 heteroatoms. The minimum absolute atomic E-state index is 0.350. The molecule has 4 N–H and O–H groups in total. The van der Waals surface area contributed by atoms with Crippen LogP contribution in [0.25, 0.3) is 22.2 Å². The number of carbonyl (C=O) groups is 1. The number of anilines is 2. The normalized spacial score (nSPS) is 10.6. The topological polar surface area (TPSA) is 92.9 Å². The van der Waals surface area contributed by atoms with Crippen LogP contribution in [0.15, 0.2) is 72.8 Å². The number of amides is 1. The molecule has 1 amide bonds. The fourth-order valence-electron chi connectivity index (χ4n) is 2.89. The van der Waals surface area contributed by atoms with Crippen LogP contribution in [0.1, 0.15) is 10.4 Å². The molecular formula is C21H16ClN5O. The second-order valence-electron chi connectivity index (χ2n) is 6.10. The third-order valence-electron chi connectivity index (χ3n) is 4.24. The first-order valence-corrected chi connectivity index (χ1v) is 8.92. The lowest BCUT2D eigenvalue weighted by Crippen LogP contribution is -2.29. The molecule has 0 spiro atoms. The van der Waals surface area contributed by atoms with Crippen LogP contribution in [-0.2, 0) is 0 Å². The fourth-order valence-corrected chi connectivity index (χ4v) is 3.06. The Balaban J connectivity index is 1.76. The van der Waals surface area contributed by atoms with Crippen molar-refractivity contribution in [2.45, 2.75) is 0 Å². The third-order valence-corrected chi connectivity index (χ3v) is 4.47. The van der Waals surface area contributed by atoms with E-state index >= 15 is 0 Å². The van der Waals surface area contributed by atoms with Gasteiger partial charge in [-0.25, -0.2) is 15.8 Å². The van der Waals surface area contributed by atoms with E-state index in [1.807, 2.05) is 42.5 Å². The molecule has 0 saturated carbocycles. The van der Waals surface area contributed by atoms with Crippen LogP contribution < -0.4 is 16.6 Å². The standard InChI is InChI=1S/C21H16ClN5O/c22-15-8-11-18-17(12-15)19(13-4-2-1-3-5-13)26-21(25-18)24-16-9-6-14(7-10-16)20(28)27-23/h1-12H,23H2,(H,27,28)(H,24,25,26). The predicted octanol–water partition coefficient (Wildman–Crippen LogP) is 4.30. The Bertz CT molecular complexity index is 1150. The minimum Gasteiger partial charge on any atom is -0.324 e. The molecule has 0 unspecified atom stereocenters. The molecule has 1 heterocycles. The van der Waals surface area contributed by atoms with Gasteiger partial charge in [0.05, 0.1) is 11.2 Å². The first kappa shape index (κ1) is 17.9. The van der Waals surface area contributed by atoms with E-state index in [0.29, 0.717) is 16.5 Å². The number of hydrogen-bond donors (Lipinski definition) is 3. The molecule has 0 aliphatic rings. The van der Waals surface area contributed by atoms with Gasteiger partial charge in [-0.15, -0.1) is 0 Å². The number of rotatable bonds is 4. The maximum absolute atomic E-state index is 11.6. The number of nitrogens with two attached hydrogens (primary N) is 1. The summed E-state index contributed by atoms with van der Waals surface area (Å²) in [5.74, 6) is 5.26. The lowest BCUT2D eigenvalue weighted by Gasteiger charge is -2.11. The maximum Gasteiger partial charge on any atom is 0.265 e. The number of nitrogens with one attached hydrogen (secondary N) is 2. The first-order chi connectivity index (χ1) is 13.6. The van der Waals surface area contributed by atoms with Gasteiger partial charge in [-0.1, -0.05) is 41.9 Å². The molecule has 0 atom stereocenters. The van der Waals surface area contributed by atoms with Crippen molar-refractivity contribution in [2.24, 2.45) is 5.84 Å². The van der Waals surface area contributed by atoms with Gasteiger partial charge in [-0.2, -0.15) is 0 Å². The number of halogens is 1. The van der Waals surface area contributed by atoms with Crippen LogP contribution in [0.5, 0.6) is 0 Å². The van der Waals surface area contributed by atoms with Crippen molar-refractivity contribution in [3.05, 3.63) is 83.4 Å². The van der Waals surface area contributed by atoms with Crippen molar-refractivity contribution in [3.63, 3.8) is 0 Å². The zero-order valence-corrected chi connectivity index (χ0v) is 15.4. The number of nitrogen functional groups attached to an aromatic ring is 1. The second kappa shape index (κ2) is 7.64. The summed E-state index contributed by atoms with van der Waals surface area (Å²) >= 11 is 6.19. The van der Waals surface area contributed by atoms with E-state index in [2.05, 4.69) is 15.7 Å². The van der Waals surface area contributed by atoms with Gasteiger partial charge in [0.1, 0.15) is 0 Å². The van der Waals surface area contributed by atoms with Crippen molar-refractivity contribution in [2.75, 3.05) is 5.32 Å². The molecular weight excluding hydrogens is 374 g/mol. The quantitative estimate of drug-likeness (QED) is 0.275. The van der Waals surface area contributed by atoms with Gasteiger partial charge in [0.2, 0.25) is 5.95 Å². The summed E-state index contributed by atoms with van der Waals surface area (Å²) in [5, 5.41) is 4.69. The molecule has 0 radical (unpaired) electrons. The molecule has 0 saturated heterocycles. The lowest BCUT2D eigenvalue weighted by molar-refractivity contribution is 0.0953. The van der Waals surface area contributed by atoms with Crippen LogP contribution in [0.4, 0.5) is 11.6 Å². The molecule has 3 aromatic carbocycles. The second-order valence-corrected chi connectivity index (χ2v) is 6.54. The summed E-state index contributed by atoms with van der Waals surface area (Å²) < 4.78 is 0. The van der Waals surface area contributed by atoms with E-state index in [-0.39, 0.29) is 5.91 Å². The van der Waals surface area contributed by atoms with E-state index in [0.717, 1.165) is 27.8 Å². The molecule has 0 bridgehead atoms. The monoisotopic (exact) mass is 389 g/mol. The first-order valence-electron chi connectivity index (χ1n) is 8.55. The number of fused-ring (bicyclic) bond motifs is 1. The number of aromatic nitrogens is 2. The summed E-state index contributed by atoms with van der Waals surface area (Å²) in [4.78, 5) is 20.9. The molecule has 0 aliphatic heterocycles. The highest BCUT2D eigenvalue weighted by Gasteiger charge is 2.11. The number of benzene rings is 3. The van der Waals surface area contributed by atoms with Crippen molar-refractivity contribution in [3.8, 4) is 11.3 Å². The third kappa shape index (κ3) is 3.64. The zero-order chi connectivity index (χ0) is 19.5. The molecule has 28 heavy (non-hydrogen) atoms. The highest BCUT2D eigenvalue weighted by molar-refractivity contribution is 6.31. The highest BCUT2D eigenvalue weighted by Crippen LogP contribution is 2.30. The summed E-state index contributed by atoms with van der Waals surface area (Å²) in [6, 6.07) is 22.3. The lowest BCUT2D eigenvalue weighted by atomic mass is 10.1. The number of carbonyl (C=O) groups excluding carboxylic acids is 1. The zero-order valence-electron chi connectivity index (χ0n) is 14.7. The van der Waals surface area contributed by atoms with Gasteiger partial charge in [0.15, 0.2) is 0 Å². The molecule has 1 aromatic heterocycles. The van der Waals surface area contributed by atoms with Crippen molar-refractivity contribution >= 4 is 40.0 Å². The number of hydrazine groups is 1. The maximum atomic E-state index is 11.6. The van der Waals surface area contributed by atoms with E-state index in [4.69, 9.17) is 22.4 Å². The van der Waals surface area contributed by atoms with Gasteiger partial charge < -0.3 is 5.32 Å². The van der Waals surface area contributed by atoms with Crippen molar-refractivity contribution < 1.29 is 4.79 Å². The smallest absolute Gasteiger partial charge is 0.265 e. The van der Waals surface area contributed by atoms with E-state index in [1.165, 1.54) is 0 Å². The SMILES string of the molecule is NNC(=O)c1ccc(Nc2nc(-c3ccccc3)c3cc(Cl)ccc3n2)cc1. The molecule has 138 valence electrons. The van der Waals surface area contributed by atoms with Gasteiger partial charge >= 0.3 is 0 Å². The fraction of sp³-hybridized carbons (Fsp3) is 0. The summed E-state index contributed by atoms with van der Waals surface area (Å²) in [6.07, 6.45) is 0.